The molecule has 3 fully saturated rings. The van der Waals surface area contributed by atoms with Gasteiger partial charge in [0.1, 0.15) is 5.78 Å². The molecule has 7 heteroatoms. The smallest absolute Gasteiger partial charge is 0.171 e. The Bertz CT molecular complexity index is 848. The fourth-order valence-electron chi connectivity index (χ4n) is 4.42. The number of piperidine rings is 2. The van der Waals surface area contributed by atoms with Crippen LogP contribution < -0.4 is 9.80 Å². The summed E-state index contributed by atoms with van der Waals surface area (Å²) < 4.78 is 27.5. The lowest BCUT2D eigenvalue weighted by Gasteiger charge is -2.38. The average Bonchev–Trinajstić information content (AvgIpc) is 3.31. The second-order valence-corrected chi connectivity index (χ2v) is 8.79. The topological polar surface area (TPSA) is 42.0 Å². The maximum Gasteiger partial charge on any atom is 0.171 e. The number of ketones is 1. The molecular weight excluding hydrogens is 438 g/mol. The van der Waals surface area contributed by atoms with Gasteiger partial charge in [-0.05, 0) is 38.1 Å². The first-order valence-corrected chi connectivity index (χ1v) is 11.6. The SMILES string of the molecule is C.Cc1ccc(N2CCC(=O)CC2)cc1.Cc1ccc(N2CCC3(CC2)OCCO3)cc1.FF. The van der Waals surface area contributed by atoms with Crippen LogP contribution in [0.15, 0.2) is 48.5 Å². The van der Waals surface area contributed by atoms with Crippen molar-refractivity contribution in [3.05, 3.63) is 59.7 Å². The second-order valence-electron chi connectivity index (χ2n) is 8.79. The first kappa shape index (κ1) is 27.7. The third-order valence-electron chi connectivity index (χ3n) is 6.46. The summed E-state index contributed by atoms with van der Waals surface area (Å²) >= 11 is 0. The molecule has 0 atom stereocenters. The highest BCUT2D eigenvalue weighted by molar-refractivity contribution is 5.81. The number of nitrogens with zero attached hydrogens (tertiary/aromatic N) is 2. The van der Waals surface area contributed by atoms with E-state index in [1.807, 2.05) is 0 Å². The quantitative estimate of drug-likeness (QED) is 0.533. The number of Topliss-reactive ketones (excluding diaryl/α,β-unsaturated/α-hetero) is 1. The maximum absolute atomic E-state index is 11.1. The zero-order valence-electron chi connectivity index (χ0n) is 19.6. The lowest BCUT2D eigenvalue weighted by Crippen LogP contribution is -2.45. The van der Waals surface area contributed by atoms with E-state index in [4.69, 9.17) is 18.6 Å². The minimum Gasteiger partial charge on any atom is -0.371 e. The highest BCUT2D eigenvalue weighted by Crippen LogP contribution is 2.33. The van der Waals surface area contributed by atoms with Crippen LogP contribution in [0.3, 0.4) is 0 Å². The summed E-state index contributed by atoms with van der Waals surface area (Å²) in [7, 11) is 0. The first-order valence-electron chi connectivity index (χ1n) is 11.6. The lowest BCUT2D eigenvalue weighted by atomic mass is 10.0. The molecule has 0 saturated carbocycles. The molecule has 0 amide bonds. The van der Waals surface area contributed by atoms with Crippen LogP contribution in [0.5, 0.6) is 0 Å². The Labute approximate surface area is 202 Å². The molecule has 3 saturated heterocycles. The summed E-state index contributed by atoms with van der Waals surface area (Å²) in [5.41, 5.74) is 5.14. The maximum atomic E-state index is 11.1. The molecule has 3 aliphatic rings. The minimum absolute atomic E-state index is 0. The third-order valence-corrected chi connectivity index (χ3v) is 6.46. The summed E-state index contributed by atoms with van der Waals surface area (Å²) in [4.78, 5) is 15.8. The molecule has 2 aromatic rings. The van der Waals surface area contributed by atoms with Crippen LogP contribution in [-0.2, 0) is 14.3 Å². The molecule has 2 aromatic carbocycles. The van der Waals surface area contributed by atoms with Crippen LogP contribution in [0.25, 0.3) is 0 Å². The van der Waals surface area contributed by atoms with Gasteiger partial charge in [0.25, 0.3) is 0 Å². The van der Waals surface area contributed by atoms with Crippen LogP contribution in [0.2, 0.25) is 0 Å². The fraction of sp³-hybridized carbons (Fsp3) is 0.519. The van der Waals surface area contributed by atoms with E-state index in [1.165, 1.54) is 22.5 Å². The van der Waals surface area contributed by atoms with Gasteiger partial charge in [0.15, 0.2) is 5.79 Å². The molecule has 0 radical (unpaired) electrons. The number of benzene rings is 2. The largest absolute Gasteiger partial charge is 0.371 e. The van der Waals surface area contributed by atoms with Gasteiger partial charge >= 0.3 is 0 Å². The normalized spacial score (nSPS) is 18.9. The number of hydrogen-bond donors (Lipinski definition) is 0. The highest BCUT2D eigenvalue weighted by Gasteiger charge is 2.39. The summed E-state index contributed by atoms with van der Waals surface area (Å²) in [6.07, 6.45) is 3.35. The molecule has 5 rings (SSSR count). The Hall–Kier alpha value is -2.51. The molecule has 188 valence electrons. The monoisotopic (exact) mass is 476 g/mol. The number of carbonyl (C=O) groups is 1. The molecule has 0 unspecified atom stereocenters. The van der Waals surface area contributed by atoms with Crippen molar-refractivity contribution in [2.24, 2.45) is 0 Å². The Morgan fingerprint density at radius 1 is 0.706 bits per heavy atom. The van der Waals surface area contributed by atoms with E-state index < -0.39 is 0 Å². The van der Waals surface area contributed by atoms with E-state index in [9.17, 15) is 4.79 Å². The van der Waals surface area contributed by atoms with Gasteiger partial charge in [0, 0.05) is 72.4 Å². The fourth-order valence-corrected chi connectivity index (χ4v) is 4.42. The summed E-state index contributed by atoms with van der Waals surface area (Å²) in [6.45, 7) is 9.50. The van der Waals surface area contributed by atoms with Crippen molar-refractivity contribution in [2.75, 3.05) is 49.2 Å². The van der Waals surface area contributed by atoms with Crippen molar-refractivity contribution in [3.8, 4) is 0 Å². The predicted octanol–water partition coefficient (Wildman–Crippen LogP) is 5.98. The number of rotatable bonds is 2. The summed E-state index contributed by atoms with van der Waals surface area (Å²) in [6, 6.07) is 17.2. The van der Waals surface area contributed by atoms with Gasteiger partial charge in [0.05, 0.1) is 13.2 Å². The van der Waals surface area contributed by atoms with Gasteiger partial charge in [-0.15, -0.1) is 0 Å². The Morgan fingerprint density at radius 3 is 1.50 bits per heavy atom. The number of carbonyl (C=O) groups excluding carboxylic acids is 1. The van der Waals surface area contributed by atoms with Crippen molar-refractivity contribution in [2.45, 2.75) is 52.7 Å². The highest BCUT2D eigenvalue weighted by atomic mass is 20.0. The van der Waals surface area contributed by atoms with Crippen LogP contribution in [0, 0.1) is 13.8 Å². The third kappa shape index (κ3) is 7.50. The van der Waals surface area contributed by atoms with E-state index in [-0.39, 0.29) is 13.2 Å². The van der Waals surface area contributed by atoms with E-state index in [0.29, 0.717) is 18.6 Å². The zero-order chi connectivity index (χ0) is 23.7. The molecule has 34 heavy (non-hydrogen) atoms. The van der Waals surface area contributed by atoms with E-state index in [1.54, 1.807) is 0 Å². The van der Waals surface area contributed by atoms with E-state index in [0.717, 1.165) is 52.2 Å². The van der Waals surface area contributed by atoms with Gasteiger partial charge < -0.3 is 19.3 Å². The number of hydrogen-bond acceptors (Lipinski definition) is 5. The number of halogens is 2. The number of aryl methyl sites for hydroxylation is 2. The minimum atomic E-state index is -0.263. The summed E-state index contributed by atoms with van der Waals surface area (Å²) in [5, 5.41) is 0. The van der Waals surface area contributed by atoms with Gasteiger partial charge in [-0.25, -0.2) is 0 Å². The molecule has 5 nitrogen and oxygen atoms in total. The molecule has 3 heterocycles. The van der Waals surface area contributed by atoms with Gasteiger partial charge in [0.2, 0.25) is 0 Å². The van der Waals surface area contributed by atoms with Crippen molar-refractivity contribution >= 4 is 17.2 Å². The van der Waals surface area contributed by atoms with Crippen molar-refractivity contribution in [1.82, 2.24) is 0 Å². The molecule has 3 aliphatic heterocycles. The van der Waals surface area contributed by atoms with Crippen molar-refractivity contribution in [1.29, 1.82) is 0 Å². The van der Waals surface area contributed by atoms with Gasteiger partial charge in [-0.2, -0.15) is 0 Å². The molecular formula is C27H38F2N2O3. The van der Waals surface area contributed by atoms with Crippen LogP contribution in [0.4, 0.5) is 20.5 Å². The molecule has 0 aromatic heterocycles. The zero-order valence-corrected chi connectivity index (χ0v) is 19.6. The van der Waals surface area contributed by atoms with Crippen molar-refractivity contribution < 1.29 is 23.4 Å². The van der Waals surface area contributed by atoms with Crippen LogP contribution in [0.1, 0.15) is 44.2 Å². The molecule has 0 aliphatic carbocycles. The number of ether oxygens (including phenoxy) is 2. The second kappa shape index (κ2) is 13.4. The standard InChI is InChI=1S/C14H19NO2.C12H15NO.CH4.F2/c1-12-2-4-13(5-3-12)15-8-6-14(7-9-15)16-10-11-17-14;1-10-2-4-11(5-3-10)13-8-6-12(14)7-9-13;;1-2/h2-5H,6-11H2,1H3;2-5H,6-9H2,1H3;1H4;. The molecule has 1 spiro atoms. The number of anilines is 2. The van der Waals surface area contributed by atoms with E-state index >= 15 is 0 Å². The summed E-state index contributed by atoms with van der Waals surface area (Å²) in [5.74, 6) is 0.134. The molecule has 0 bridgehead atoms. The van der Waals surface area contributed by atoms with Crippen LogP contribution >= 0.6 is 0 Å². The predicted molar refractivity (Wildman–Crippen MR) is 134 cm³/mol. The Kier molecular flexibility index (Phi) is 10.9. The van der Waals surface area contributed by atoms with Crippen molar-refractivity contribution in [3.63, 3.8) is 0 Å². The Morgan fingerprint density at radius 2 is 1.09 bits per heavy atom. The van der Waals surface area contributed by atoms with Gasteiger partial charge in [-0.1, -0.05) is 42.8 Å². The average molecular weight is 477 g/mol. The lowest BCUT2D eigenvalue weighted by molar-refractivity contribution is -0.169. The first-order chi connectivity index (χ1) is 16.0. The van der Waals surface area contributed by atoms with Gasteiger partial charge in [-0.3, -0.25) is 4.79 Å². The van der Waals surface area contributed by atoms with E-state index in [2.05, 4.69) is 72.2 Å². The molecule has 0 N–H and O–H groups in total. The Balaban J connectivity index is 0.000000222. The van der Waals surface area contributed by atoms with Crippen LogP contribution in [-0.4, -0.2) is 51.0 Å².